The van der Waals surface area contributed by atoms with Crippen molar-refractivity contribution >= 4 is 9.84 Å². The average Bonchev–Trinajstić information content (AvgIpc) is 2.80. The Labute approximate surface area is 120 Å². The summed E-state index contributed by atoms with van der Waals surface area (Å²) in [5, 5.41) is 0. The number of ether oxygens (including phenoxy) is 1. The van der Waals surface area contributed by atoms with Gasteiger partial charge in [-0.3, -0.25) is 0 Å². The van der Waals surface area contributed by atoms with Crippen molar-refractivity contribution in [3.05, 3.63) is 29.8 Å². The second-order valence-corrected chi connectivity index (χ2v) is 8.16. The third kappa shape index (κ3) is 2.83. The second kappa shape index (κ2) is 5.37. The normalized spacial score (nSPS) is 29.4. The smallest absolute Gasteiger partial charge is 0.150 e. The molecule has 0 bridgehead atoms. The Hall–Kier alpha value is -1.07. The third-order valence-electron chi connectivity index (χ3n) is 4.51. The number of sulfone groups is 1. The van der Waals surface area contributed by atoms with Gasteiger partial charge in [-0.2, -0.15) is 0 Å². The molecule has 5 heteroatoms. The van der Waals surface area contributed by atoms with Gasteiger partial charge in [0.1, 0.15) is 5.75 Å². The van der Waals surface area contributed by atoms with Gasteiger partial charge in [0.25, 0.3) is 0 Å². The van der Waals surface area contributed by atoms with Crippen LogP contribution in [0.5, 0.6) is 5.75 Å². The fourth-order valence-electron chi connectivity index (χ4n) is 3.34. The van der Waals surface area contributed by atoms with Crippen LogP contribution in [-0.4, -0.2) is 32.6 Å². The molecule has 1 aromatic carbocycles. The minimum absolute atomic E-state index is 0.0385. The zero-order valence-corrected chi connectivity index (χ0v) is 12.3. The van der Waals surface area contributed by atoms with Crippen LogP contribution in [-0.2, 0) is 9.84 Å². The Morgan fingerprint density at radius 3 is 2.85 bits per heavy atom. The number of fused-ring (bicyclic) bond motifs is 1. The maximum atomic E-state index is 11.6. The van der Waals surface area contributed by atoms with Crippen LogP contribution in [0.4, 0.5) is 0 Å². The molecule has 3 atom stereocenters. The summed E-state index contributed by atoms with van der Waals surface area (Å²) >= 11 is 0. The van der Waals surface area contributed by atoms with Crippen LogP contribution in [0.2, 0.25) is 0 Å². The summed E-state index contributed by atoms with van der Waals surface area (Å²) in [6.45, 7) is 0.720. The predicted octanol–water partition coefficient (Wildman–Crippen LogP) is 1.70. The lowest BCUT2D eigenvalue weighted by molar-refractivity contribution is 0.252. The van der Waals surface area contributed by atoms with Gasteiger partial charge < -0.3 is 10.5 Å². The van der Waals surface area contributed by atoms with E-state index in [2.05, 4.69) is 6.07 Å². The van der Waals surface area contributed by atoms with Gasteiger partial charge >= 0.3 is 0 Å². The number of nitrogens with two attached hydrogens (primary N) is 1. The molecule has 20 heavy (non-hydrogen) atoms. The molecule has 0 saturated carbocycles. The van der Waals surface area contributed by atoms with Gasteiger partial charge in [-0.05, 0) is 42.7 Å². The van der Waals surface area contributed by atoms with Crippen molar-refractivity contribution in [2.45, 2.75) is 31.2 Å². The number of benzene rings is 1. The minimum atomic E-state index is -2.85. The van der Waals surface area contributed by atoms with Crippen LogP contribution in [0.1, 0.15) is 30.7 Å². The predicted molar refractivity (Wildman–Crippen MR) is 78.6 cm³/mol. The Bertz CT molecular complexity index is 585. The molecule has 3 rings (SSSR count). The molecule has 1 aromatic rings. The summed E-state index contributed by atoms with van der Waals surface area (Å²) in [4.78, 5) is 0. The van der Waals surface area contributed by atoms with E-state index in [-0.39, 0.29) is 17.7 Å². The van der Waals surface area contributed by atoms with Crippen molar-refractivity contribution in [2.24, 2.45) is 11.7 Å². The molecule has 110 valence electrons. The first-order valence-corrected chi connectivity index (χ1v) is 9.05. The number of hydrogen-bond acceptors (Lipinski definition) is 4. The molecule has 0 spiro atoms. The van der Waals surface area contributed by atoms with Gasteiger partial charge in [-0.1, -0.05) is 18.2 Å². The summed E-state index contributed by atoms with van der Waals surface area (Å²) in [7, 11) is -2.85. The quantitative estimate of drug-likeness (QED) is 0.921. The third-order valence-corrected chi connectivity index (χ3v) is 6.31. The second-order valence-electron chi connectivity index (χ2n) is 5.93. The first-order chi connectivity index (χ1) is 9.55. The fourth-order valence-corrected chi connectivity index (χ4v) is 5.24. The Morgan fingerprint density at radius 1 is 1.30 bits per heavy atom. The Balaban J connectivity index is 1.70. The monoisotopic (exact) mass is 295 g/mol. The van der Waals surface area contributed by atoms with Crippen molar-refractivity contribution in [3.8, 4) is 5.75 Å². The van der Waals surface area contributed by atoms with Crippen molar-refractivity contribution in [3.63, 3.8) is 0 Å². The minimum Gasteiger partial charge on any atom is -0.493 e. The van der Waals surface area contributed by atoms with Gasteiger partial charge in [0.2, 0.25) is 0 Å². The first-order valence-electron chi connectivity index (χ1n) is 7.23. The molecule has 2 N–H and O–H groups in total. The van der Waals surface area contributed by atoms with E-state index in [1.807, 2.05) is 18.2 Å². The SMILES string of the molecule is NC(CC1CCOc2ccccc21)C1CCS(=O)(=O)C1. The fraction of sp³-hybridized carbons (Fsp3) is 0.600. The molecule has 2 aliphatic heterocycles. The zero-order valence-electron chi connectivity index (χ0n) is 11.5. The maximum Gasteiger partial charge on any atom is 0.150 e. The van der Waals surface area contributed by atoms with Crippen LogP contribution < -0.4 is 10.5 Å². The van der Waals surface area contributed by atoms with Crippen LogP contribution in [0.25, 0.3) is 0 Å². The standard InChI is InChI=1S/C15H21NO3S/c16-14(12-6-8-20(17,18)10-12)9-11-5-7-19-15-4-2-1-3-13(11)15/h1-4,11-12,14H,5-10,16H2. The maximum absolute atomic E-state index is 11.6. The molecule has 1 saturated heterocycles. The average molecular weight is 295 g/mol. The van der Waals surface area contributed by atoms with E-state index in [1.165, 1.54) is 5.56 Å². The lowest BCUT2D eigenvalue weighted by Gasteiger charge is -2.29. The summed E-state index contributed by atoms with van der Waals surface area (Å²) in [5.74, 6) is 2.03. The summed E-state index contributed by atoms with van der Waals surface area (Å²) < 4.78 is 28.8. The van der Waals surface area contributed by atoms with Gasteiger partial charge in [-0.15, -0.1) is 0 Å². The highest BCUT2D eigenvalue weighted by molar-refractivity contribution is 7.91. The molecule has 2 aliphatic rings. The van der Waals surface area contributed by atoms with E-state index in [9.17, 15) is 8.42 Å². The highest BCUT2D eigenvalue weighted by atomic mass is 32.2. The van der Waals surface area contributed by atoms with E-state index in [4.69, 9.17) is 10.5 Å². The lowest BCUT2D eigenvalue weighted by Crippen LogP contribution is -2.33. The number of para-hydroxylation sites is 1. The highest BCUT2D eigenvalue weighted by Gasteiger charge is 2.34. The van der Waals surface area contributed by atoms with E-state index in [0.29, 0.717) is 18.1 Å². The van der Waals surface area contributed by atoms with Crippen molar-refractivity contribution in [1.29, 1.82) is 0 Å². The molecular weight excluding hydrogens is 274 g/mol. The van der Waals surface area contributed by atoms with Crippen LogP contribution in [0.15, 0.2) is 24.3 Å². The molecule has 0 radical (unpaired) electrons. The zero-order chi connectivity index (χ0) is 14.2. The molecule has 4 nitrogen and oxygen atoms in total. The van der Waals surface area contributed by atoms with E-state index < -0.39 is 9.84 Å². The molecule has 1 fully saturated rings. The summed E-state index contributed by atoms with van der Waals surface area (Å²) in [6.07, 6.45) is 2.53. The lowest BCUT2D eigenvalue weighted by atomic mass is 9.84. The number of hydrogen-bond donors (Lipinski definition) is 1. The van der Waals surface area contributed by atoms with E-state index in [1.54, 1.807) is 0 Å². The molecule has 0 aliphatic carbocycles. The molecule has 2 heterocycles. The van der Waals surface area contributed by atoms with Gasteiger partial charge in [0.15, 0.2) is 9.84 Å². The van der Waals surface area contributed by atoms with E-state index in [0.717, 1.165) is 25.2 Å². The first kappa shape index (κ1) is 13.9. The largest absolute Gasteiger partial charge is 0.493 e. The topological polar surface area (TPSA) is 69.4 Å². The van der Waals surface area contributed by atoms with Gasteiger partial charge in [0.05, 0.1) is 18.1 Å². The molecule has 0 amide bonds. The van der Waals surface area contributed by atoms with Crippen molar-refractivity contribution in [1.82, 2.24) is 0 Å². The molecule has 0 aromatic heterocycles. The van der Waals surface area contributed by atoms with Crippen LogP contribution >= 0.6 is 0 Å². The summed E-state index contributed by atoms with van der Waals surface area (Å²) in [6, 6.07) is 8.05. The Morgan fingerprint density at radius 2 is 2.10 bits per heavy atom. The van der Waals surface area contributed by atoms with Crippen LogP contribution in [0, 0.1) is 5.92 Å². The molecular formula is C15H21NO3S. The Kier molecular flexibility index (Phi) is 3.73. The van der Waals surface area contributed by atoms with Gasteiger partial charge in [-0.25, -0.2) is 8.42 Å². The van der Waals surface area contributed by atoms with Crippen LogP contribution in [0.3, 0.4) is 0 Å². The van der Waals surface area contributed by atoms with E-state index >= 15 is 0 Å². The number of rotatable bonds is 3. The summed E-state index contributed by atoms with van der Waals surface area (Å²) in [5.41, 5.74) is 7.50. The van der Waals surface area contributed by atoms with Crippen molar-refractivity contribution < 1.29 is 13.2 Å². The van der Waals surface area contributed by atoms with Gasteiger partial charge in [0, 0.05) is 6.04 Å². The highest BCUT2D eigenvalue weighted by Crippen LogP contribution is 2.37. The molecule has 3 unspecified atom stereocenters. The van der Waals surface area contributed by atoms with Crippen molar-refractivity contribution in [2.75, 3.05) is 18.1 Å².